The molecule has 0 radical (unpaired) electrons. The highest BCUT2D eigenvalue weighted by Gasteiger charge is 2.23. The summed E-state index contributed by atoms with van der Waals surface area (Å²) in [6, 6.07) is 10.2. The molecule has 4 rings (SSSR count). The fourth-order valence-electron chi connectivity index (χ4n) is 3.21. The first-order valence-electron chi connectivity index (χ1n) is 8.40. The molecule has 1 fully saturated rings. The van der Waals surface area contributed by atoms with E-state index in [1.165, 1.54) is 18.3 Å². The molecule has 0 atom stereocenters. The third kappa shape index (κ3) is 3.46. The van der Waals surface area contributed by atoms with Crippen molar-refractivity contribution in [3.63, 3.8) is 0 Å². The zero-order valence-corrected chi connectivity index (χ0v) is 14.8. The summed E-state index contributed by atoms with van der Waals surface area (Å²) in [5, 5.41) is 3.34. The van der Waals surface area contributed by atoms with E-state index in [9.17, 15) is 4.79 Å². The number of carbonyl (C=O) groups is 1. The van der Waals surface area contributed by atoms with Gasteiger partial charge in [-0.15, -0.1) is 0 Å². The SMILES string of the molecule is CC(=O)Nc1nc2nc(C3CCN(c4ccccn4)CC3)ccc2s1. The summed E-state index contributed by atoms with van der Waals surface area (Å²) in [6.07, 6.45) is 3.95. The Labute approximate surface area is 149 Å². The number of nitrogens with zero attached hydrogens (tertiary/aromatic N) is 4. The van der Waals surface area contributed by atoms with E-state index >= 15 is 0 Å². The summed E-state index contributed by atoms with van der Waals surface area (Å²) in [6.45, 7) is 3.45. The van der Waals surface area contributed by atoms with Crippen molar-refractivity contribution >= 4 is 38.5 Å². The fourth-order valence-corrected chi connectivity index (χ4v) is 4.06. The van der Waals surface area contributed by atoms with Crippen LogP contribution in [0.15, 0.2) is 36.5 Å². The van der Waals surface area contributed by atoms with Crippen LogP contribution in [0.4, 0.5) is 10.9 Å². The predicted molar refractivity (Wildman–Crippen MR) is 100 cm³/mol. The Bertz CT molecular complexity index is 887. The van der Waals surface area contributed by atoms with Crippen molar-refractivity contribution in [1.82, 2.24) is 15.0 Å². The van der Waals surface area contributed by atoms with Gasteiger partial charge in [-0.25, -0.2) is 9.97 Å². The van der Waals surface area contributed by atoms with Crippen LogP contribution in [0.1, 0.15) is 31.4 Å². The second-order valence-electron chi connectivity index (χ2n) is 6.21. The Morgan fingerprint density at radius 2 is 2.04 bits per heavy atom. The number of aromatic nitrogens is 3. The number of carbonyl (C=O) groups excluding carboxylic acids is 1. The summed E-state index contributed by atoms with van der Waals surface area (Å²) in [5.74, 6) is 1.38. The number of anilines is 2. The lowest BCUT2D eigenvalue weighted by atomic mass is 9.93. The van der Waals surface area contributed by atoms with E-state index in [0.717, 1.165) is 47.8 Å². The van der Waals surface area contributed by atoms with Crippen LogP contribution < -0.4 is 10.2 Å². The van der Waals surface area contributed by atoms with Crippen LogP contribution in [-0.4, -0.2) is 33.9 Å². The van der Waals surface area contributed by atoms with Gasteiger partial charge < -0.3 is 10.2 Å². The average Bonchev–Trinajstić information content (AvgIpc) is 3.03. The zero-order chi connectivity index (χ0) is 17.2. The van der Waals surface area contributed by atoms with Gasteiger partial charge in [0.15, 0.2) is 10.8 Å². The van der Waals surface area contributed by atoms with Gasteiger partial charge in [-0.05, 0) is 37.1 Å². The molecule has 0 aliphatic carbocycles. The molecule has 0 spiro atoms. The minimum absolute atomic E-state index is 0.110. The minimum atomic E-state index is -0.110. The Kier molecular flexibility index (Phi) is 4.31. The van der Waals surface area contributed by atoms with E-state index < -0.39 is 0 Å². The normalized spacial score (nSPS) is 15.5. The minimum Gasteiger partial charge on any atom is -0.357 e. The van der Waals surface area contributed by atoms with Crippen molar-refractivity contribution in [1.29, 1.82) is 0 Å². The first kappa shape index (κ1) is 16.0. The molecule has 3 aromatic heterocycles. The average molecular weight is 353 g/mol. The number of fused-ring (bicyclic) bond motifs is 1. The number of nitrogens with one attached hydrogen (secondary N) is 1. The van der Waals surface area contributed by atoms with Gasteiger partial charge in [0, 0.05) is 37.8 Å². The smallest absolute Gasteiger partial charge is 0.223 e. The molecule has 1 N–H and O–H groups in total. The molecule has 25 heavy (non-hydrogen) atoms. The van der Waals surface area contributed by atoms with Gasteiger partial charge in [0.05, 0.1) is 4.70 Å². The number of pyridine rings is 2. The van der Waals surface area contributed by atoms with Crippen molar-refractivity contribution in [3.05, 3.63) is 42.2 Å². The molecule has 1 aliphatic rings. The molecule has 3 aromatic rings. The topological polar surface area (TPSA) is 71.0 Å². The molecule has 0 bridgehead atoms. The lowest BCUT2D eigenvalue weighted by molar-refractivity contribution is -0.114. The first-order chi connectivity index (χ1) is 12.2. The molecule has 7 heteroatoms. The molecule has 128 valence electrons. The number of rotatable bonds is 3. The van der Waals surface area contributed by atoms with Gasteiger partial charge >= 0.3 is 0 Å². The van der Waals surface area contributed by atoms with Gasteiger partial charge in [0.25, 0.3) is 0 Å². The third-order valence-corrected chi connectivity index (χ3v) is 5.37. The Morgan fingerprint density at radius 1 is 1.20 bits per heavy atom. The van der Waals surface area contributed by atoms with Crippen LogP contribution in [0.25, 0.3) is 10.3 Å². The highest BCUT2D eigenvalue weighted by atomic mass is 32.1. The highest BCUT2D eigenvalue weighted by molar-refractivity contribution is 7.22. The molecule has 0 aromatic carbocycles. The lowest BCUT2D eigenvalue weighted by Crippen LogP contribution is -2.33. The van der Waals surface area contributed by atoms with E-state index in [-0.39, 0.29) is 5.91 Å². The van der Waals surface area contributed by atoms with Gasteiger partial charge in [0.2, 0.25) is 5.91 Å². The van der Waals surface area contributed by atoms with E-state index in [1.54, 1.807) is 0 Å². The maximum Gasteiger partial charge on any atom is 0.223 e. The summed E-state index contributed by atoms with van der Waals surface area (Å²) in [5.41, 5.74) is 1.81. The summed E-state index contributed by atoms with van der Waals surface area (Å²) < 4.78 is 0.999. The number of hydrogen-bond donors (Lipinski definition) is 1. The Balaban J connectivity index is 1.48. The monoisotopic (exact) mass is 353 g/mol. The summed E-state index contributed by atoms with van der Waals surface area (Å²) in [4.78, 5) is 27.1. The molecule has 6 nitrogen and oxygen atoms in total. The standard InChI is InChI=1S/C18H19N5OS/c1-12(24)20-18-22-17-15(25-18)6-5-14(21-17)13-7-10-23(11-8-13)16-4-2-3-9-19-16/h2-6,9,13H,7-8,10-11H2,1H3,(H,20,21,22,24). The number of thiazole rings is 1. The molecule has 1 aliphatic heterocycles. The molecule has 1 saturated heterocycles. The fraction of sp³-hybridized carbons (Fsp3) is 0.333. The van der Waals surface area contributed by atoms with Gasteiger partial charge in [0.1, 0.15) is 5.82 Å². The second kappa shape index (κ2) is 6.76. The van der Waals surface area contributed by atoms with E-state index in [0.29, 0.717) is 11.0 Å². The second-order valence-corrected chi connectivity index (χ2v) is 7.24. The van der Waals surface area contributed by atoms with Crippen LogP contribution >= 0.6 is 11.3 Å². The number of amides is 1. The van der Waals surface area contributed by atoms with Crippen LogP contribution in [0.2, 0.25) is 0 Å². The maximum atomic E-state index is 11.2. The number of piperidine rings is 1. The third-order valence-electron chi connectivity index (χ3n) is 4.44. The van der Waals surface area contributed by atoms with Crippen molar-refractivity contribution in [2.24, 2.45) is 0 Å². The Morgan fingerprint density at radius 3 is 2.76 bits per heavy atom. The highest BCUT2D eigenvalue weighted by Crippen LogP contribution is 2.31. The largest absolute Gasteiger partial charge is 0.357 e. The van der Waals surface area contributed by atoms with Crippen LogP contribution in [0.3, 0.4) is 0 Å². The summed E-state index contributed by atoms with van der Waals surface area (Å²) in [7, 11) is 0. The Hall–Kier alpha value is -2.54. The van der Waals surface area contributed by atoms with Gasteiger partial charge in [-0.3, -0.25) is 4.79 Å². The van der Waals surface area contributed by atoms with E-state index in [1.807, 2.05) is 18.3 Å². The van der Waals surface area contributed by atoms with Crippen LogP contribution in [0.5, 0.6) is 0 Å². The molecule has 1 amide bonds. The van der Waals surface area contributed by atoms with Crippen molar-refractivity contribution in [3.8, 4) is 0 Å². The van der Waals surface area contributed by atoms with Crippen LogP contribution in [-0.2, 0) is 4.79 Å². The predicted octanol–water partition coefficient (Wildman–Crippen LogP) is 3.43. The number of hydrogen-bond acceptors (Lipinski definition) is 6. The molecule has 0 saturated carbocycles. The van der Waals surface area contributed by atoms with E-state index in [2.05, 4.69) is 38.4 Å². The molecular formula is C18H19N5OS. The summed E-state index contributed by atoms with van der Waals surface area (Å²) >= 11 is 1.46. The van der Waals surface area contributed by atoms with Crippen molar-refractivity contribution in [2.45, 2.75) is 25.7 Å². The zero-order valence-electron chi connectivity index (χ0n) is 14.0. The quantitative estimate of drug-likeness (QED) is 0.781. The molecular weight excluding hydrogens is 334 g/mol. The first-order valence-corrected chi connectivity index (χ1v) is 9.22. The molecule has 4 heterocycles. The van der Waals surface area contributed by atoms with Crippen molar-refractivity contribution in [2.75, 3.05) is 23.3 Å². The maximum absolute atomic E-state index is 11.2. The van der Waals surface area contributed by atoms with Crippen LogP contribution in [0, 0.1) is 0 Å². The molecule has 0 unspecified atom stereocenters. The van der Waals surface area contributed by atoms with Gasteiger partial charge in [-0.2, -0.15) is 4.98 Å². The van der Waals surface area contributed by atoms with Crippen molar-refractivity contribution < 1.29 is 4.79 Å². The van der Waals surface area contributed by atoms with E-state index in [4.69, 9.17) is 4.98 Å². The van der Waals surface area contributed by atoms with Gasteiger partial charge in [-0.1, -0.05) is 17.4 Å². The lowest BCUT2D eigenvalue weighted by Gasteiger charge is -2.32.